The molecule has 0 amide bonds. The number of nitrogens with one attached hydrogen (secondary N) is 1. The van der Waals surface area contributed by atoms with Crippen LogP contribution in [0, 0.1) is 0 Å². The molecule has 0 spiro atoms. The Morgan fingerprint density at radius 1 is 1.43 bits per heavy atom. The van der Waals surface area contributed by atoms with E-state index in [-0.39, 0.29) is 12.6 Å². The lowest BCUT2D eigenvalue weighted by molar-refractivity contribution is 0.0338. The molecule has 2 unspecified atom stereocenters. The van der Waals surface area contributed by atoms with Crippen LogP contribution in [0.2, 0.25) is 0 Å². The molecule has 0 saturated heterocycles. The zero-order chi connectivity index (χ0) is 10.8. The molecule has 86 valence electrons. The van der Waals surface area contributed by atoms with E-state index in [1.807, 2.05) is 6.92 Å². The largest absolute Gasteiger partial charge is 0.395 e. The molecule has 0 rings (SSSR count). The van der Waals surface area contributed by atoms with Crippen molar-refractivity contribution in [2.75, 3.05) is 26.4 Å². The Morgan fingerprint density at radius 2 is 2.14 bits per heavy atom. The minimum atomic E-state index is -0.485. The Bertz CT molecular complexity index is 122. The van der Waals surface area contributed by atoms with Gasteiger partial charge in [-0.3, -0.25) is 0 Å². The van der Waals surface area contributed by atoms with Crippen LogP contribution >= 0.6 is 0 Å². The van der Waals surface area contributed by atoms with Gasteiger partial charge in [0.05, 0.1) is 19.3 Å². The topological polar surface area (TPSA) is 61.7 Å². The second kappa shape index (κ2) is 9.40. The highest BCUT2D eigenvalue weighted by atomic mass is 16.5. The predicted octanol–water partition coefficient (Wildman–Crippen LogP) is 0.134. The number of aliphatic hydroxyl groups excluding tert-OH is 2. The van der Waals surface area contributed by atoms with Gasteiger partial charge in [0, 0.05) is 19.2 Å². The lowest BCUT2D eigenvalue weighted by Gasteiger charge is -2.15. The molecule has 0 aromatic rings. The molecule has 0 bridgehead atoms. The normalized spacial score (nSPS) is 15.4. The summed E-state index contributed by atoms with van der Waals surface area (Å²) < 4.78 is 5.25. The van der Waals surface area contributed by atoms with Gasteiger partial charge in [0.25, 0.3) is 0 Å². The van der Waals surface area contributed by atoms with Crippen LogP contribution in [0.5, 0.6) is 0 Å². The second-order valence-electron chi connectivity index (χ2n) is 3.57. The maximum atomic E-state index is 9.42. The summed E-state index contributed by atoms with van der Waals surface area (Å²) in [5, 5.41) is 21.1. The van der Waals surface area contributed by atoms with E-state index in [1.165, 1.54) is 0 Å². The van der Waals surface area contributed by atoms with Crippen molar-refractivity contribution in [1.29, 1.82) is 0 Å². The van der Waals surface area contributed by atoms with Crippen LogP contribution in [-0.4, -0.2) is 48.7 Å². The summed E-state index contributed by atoms with van der Waals surface area (Å²) in [5.41, 5.74) is 0. The van der Waals surface area contributed by atoms with Crippen LogP contribution in [0.4, 0.5) is 0 Å². The summed E-state index contributed by atoms with van der Waals surface area (Å²) in [7, 11) is 0. The summed E-state index contributed by atoms with van der Waals surface area (Å²) in [5.74, 6) is 0. The van der Waals surface area contributed by atoms with Gasteiger partial charge in [-0.1, -0.05) is 13.3 Å². The number of ether oxygens (including phenoxy) is 1. The maximum Gasteiger partial charge on any atom is 0.0897 e. The smallest absolute Gasteiger partial charge is 0.0897 e. The third-order valence-corrected chi connectivity index (χ3v) is 1.93. The van der Waals surface area contributed by atoms with Gasteiger partial charge in [-0.2, -0.15) is 0 Å². The summed E-state index contributed by atoms with van der Waals surface area (Å²) >= 11 is 0. The zero-order valence-corrected chi connectivity index (χ0v) is 9.20. The fourth-order valence-corrected chi connectivity index (χ4v) is 0.926. The van der Waals surface area contributed by atoms with Crippen molar-refractivity contribution in [3.8, 4) is 0 Å². The number of hydrogen-bond acceptors (Lipinski definition) is 4. The van der Waals surface area contributed by atoms with E-state index in [4.69, 9.17) is 9.84 Å². The molecule has 0 aliphatic heterocycles. The molecule has 0 saturated carbocycles. The molecule has 3 N–H and O–H groups in total. The van der Waals surface area contributed by atoms with Crippen molar-refractivity contribution in [1.82, 2.24) is 5.32 Å². The Morgan fingerprint density at radius 3 is 2.71 bits per heavy atom. The highest BCUT2D eigenvalue weighted by Gasteiger charge is 2.05. The van der Waals surface area contributed by atoms with Crippen molar-refractivity contribution >= 4 is 0 Å². The van der Waals surface area contributed by atoms with Crippen LogP contribution in [0.25, 0.3) is 0 Å². The summed E-state index contributed by atoms with van der Waals surface area (Å²) in [4.78, 5) is 0. The molecule has 0 aliphatic rings. The Hall–Kier alpha value is -0.160. The Balaban J connectivity index is 3.23. The standard InChI is InChI=1S/C10H23NO3/c1-3-4-5-14-8-10(13)6-11-9(2)7-12/h9-13H,3-8H2,1-2H3. The molecular formula is C10H23NO3. The van der Waals surface area contributed by atoms with Crippen molar-refractivity contribution in [2.24, 2.45) is 0 Å². The third kappa shape index (κ3) is 8.44. The number of aliphatic hydroxyl groups is 2. The lowest BCUT2D eigenvalue weighted by Crippen LogP contribution is -2.37. The fourth-order valence-electron chi connectivity index (χ4n) is 0.926. The zero-order valence-electron chi connectivity index (χ0n) is 9.20. The SMILES string of the molecule is CCCCOCC(O)CNC(C)CO. The number of hydrogen-bond donors (Lipinski definition) is 3. The van der Waals surface area contributed by atoms with E-state index < -0.39 is 6.10 Å². The number of unbranched alkanes of at least 4 members (excludes halogenated alkanes) is 1. The van der Waals surface area contributed by atoms with Gasteiger partial charge in [0.2, 0.25) is 0 Å². The monoisotopic (exact) mass is 205 g/mol. The quantitative estimate of drug-likeness (QED) is 0.468. The average molecular weight is 205 g/mol. The van der Waals surface area contributed by atoms with Crippen molar-refractivity contribution in [3.05, 3.63) is 0 Å². The summed E-state index contributed by atoms with van der Waals surface area (Å²) in [6, 6.07) is 0.0280. The minimum absolute atomic E-state index is 0.0280. The molecule has 0 radical (unpaired) electrons. The van der Waals surface area contributed by atoms with E-state index in [0.717, 1.165) is 12.8 Å². The van der Waals surface area contributed by atoms with Gasteiger partial charge in [0.1, 0.15) is 0 Å². The minimum Gasteiger partial charge on any atom is -0.395 e. The highest BCUT2D eigenvalue weighted by molar-refractivity contribution is 4.63. The lowest BCUT2D eigenvalue weighted by atomic mass is 10.3. The number of rotatable bonds is 9. The summed E-state index contributed by atoms with van der Waals surface area (Å²) in [6.45, 7) is 5.60. The maximum absolute atomic E-state index is 9.42. The van der Waals surface area contributed by atoms with Crippen molar-refractivity contribution < 1.29 is 14.9 Å². The fraction of sp³-hybridized carbons (Fsp3) is 1.00. The molecule has 4 heteroatoms. The molecule has 4 nitrogen and oxygen atoms in total. The molecular weight excluding hydrogens is 182 g/mol. The first kappa shape index (κ1) is 13.8. The molecule has 2 atom stereocenters. The first-order chi connectivity index (χ1) is 6.70. The van der Waals surface area contributed by atoms with E-state index >= 15 is 0 Å². The van der Waals surface area contributed by atoms with Crippen LogP contribution < -0.4 is 5.32 Å². The summed E-state index contributed by atoms with van der Waals surface area (Å²) in [6.07, 6.45) is 1.66. The second-order valence-corrected chi connectivity index (χ2v) is 3.57. The van der Waals surface area contributed by atoms with Gasteiger partial charge < -0.3 is 20.3 Å². The first-order valence-corrected chi connectivity index (χ1v) is 5.30. The predicted molar refractivity (Wildman–Crippen MR) is 56.3 cm³/mol. The molecule has 0 aromatic heterocycles. The van der Waals surface area contributed by atoms with Crippen LogP contribution in [-0.2, 0) is 4.74 Å². The highest BCUT2D eigenvalue weighted by Crippen LogP contribution is 1.90. The van der Waals surface area contributed by atoms with Crippen LogP contribution in [0.15, 0.2) is 0 Å². The Kier molecular flexibility index (Phi) is 9.29. The first-order valence-electron chi connectivity index (χ1n) is 5.30. The molecule has 0 aromatic carbocycles. The average Bonchev–Trinajstić information content (AvgIpc) is 2.21. The van der Waals surface area contributed by atoms with E-state index in [9.17, 15) is 5.11 Å². The third-order valence-electron chi connectivity index (χ3n) is 1.93. The van der Waals surface area contributed by atoms with Crippen molar-refractivity contribution in [3.63, 3.8) is 0 Å². The molecule has 14 heavy (non-hydrogen) atoms. The van der Waals surface area contributed by atoms with Gasteiger partial charge in [-0.05, 0) is 13.3 Å². The Labute approximate surface area is 86.3 Å². The van der Waals surface area contributed by atoms with E-state index in [0.29, 0.717) is 19.8 Å². The van der Waals surface area contributed by atoms with Crippen molar-refractivity contribution in [2.45, 2.75) is 38.8 Å². The van der Waals surface area contributed by atoms with E-state index in [1.54, 1.807) is 0 Å². The van der Waals surface area contributed by atoms with E-state index in [2.05, 4.69) is 12.2 Å². The van der Waals surface area contributed by atoms with Gasteiger partial charge in [-0.25, -0.2) is 0 Å². The van der Waals surface area contributed by atoms with Crippen LogP contribution in [0.1, 0.15) is 26.7 Å². The van der Waals surface area contributed by atoms with Crippen LogP contribution in [0.3, 0.4) is 0 Å². The molecule has 0 aliphatic carbocycles. The van der Waals surface area contributed by atoms with Gasteiger partial charge in [0.15, 0.2) is 0 Å². The van der Waals surface area contributed by atoms with Gasteiger partial charge >= 0.3 is 0 Å². The molecule has 0 fully saturated rings. The van der Waals surface area contributed by atoms with Gasteiger partial charge in [-0.15, -0.1) is 0 Å². The molecule has 0 heterocycles.